The summed E-state index contributed by atoms with van der Waals surface area (Å²) in [4.78, 5) is 0. The Hall–Kier alpha value is -1.80. The number of hydrogen-bond donors (Lipinski definition) is 1. The molecule has 0 bridgehead atoms. The lowest BCUT2D eigenvalue weighted by Crippen LogP contribution is -2.02. The van der Waals surface area contributed by atoms with Crippen molar-refractivity contribution < 1.29 is 0 Å². The third-order valence-corrected chi connectivity index (χ3v) is 3.71. The molecule has 20 heavy (non-hydrogen) atoms. The minimum Gasteiger partial charge on any atom is -0.399 e. The van der Waals surface area contributed by atoms with Gasteiger partial charge in [0.2, 0.25) is 0 Å². The lowest BCUT2D eigenvalue weighted by atomic mass is 9.99. The molecule has 0 aromatic heterocycles. The van der Waals surface area contributed by atoms with Gasteiger partial charge >= 0.3 is 0 Å². The predicted molar refractivity (Wildman–Crippen MR) is 90.3 cm³/mol. The van der Waals surface area contributed by atoms with Gasteiger partial charge in [0.1, 0.15) is 0 Å². The smallest absolute Gasteiger partial charge is 0.0277 e. The van der Waals surface area contributed by atoms with Crippen LogP contribution < -0.4 is 5.73 Å². The molecule has 0 radical (unpaired) electrons. The van der Waals surface area contributed by atoms with E-state index in [1.54, 1.807) is 0 Å². The van der Waals surface area contributed by atoms with Crippen molar-refractivity contribution in [1.82, 2.24) is 0 Å². The van der Waals surface area contributed by atoms with Gasteiger partial charge in [-0.3, -0.25) is 0 Å². The zero-order valence-electron chi connectivity index (χ0n) is 11.6. The van der Waals surface area contributed by atoms with E-state index in [9.17, 15) is 0 Å². The van der Waals surface area contributed by atoms with Crippen molar-refractivity contribution in [3.63, 3.8) is 0 Å². The van der Waals surface area contributed by atoms with Gasteiger partial charge in [0.15, 0.2) is 0 Å². The molecule has 1 nitrogen and oxygen atoms in total. The zero-order valence-corrected chi connectivity index (χ0v) is 13.2. The molecule has 0 saturated heterocycles. The maximum Gasteiger partial charge on any atom is 0.0277 e. The Morgan fingerprint density at radius 2 is 1.90 bits per heavy atom. The average Bonchev–Trinajstić information content (AvgIpc) is 2.43. The van der Waals surface area contributed by atoms with Crippen LogP contribution in [0.25, 0.3) is 6.08 Å². The van der Waals surface area contributed by atoms with Gasteiger partial charge in [-0.25, -0.2) is 0 Å². The molecular formula is C18H18BrN. The fraction of sp³-hybridized carbons (Fsp3) is 0.111. The molecule has 2 N–H and O–H groups in total. The Balaban J connectivity index is 2.35. The number of hydrogen-bond acceptors (Lipinski definition) is 1. The standard InChI is InChI=1S/C18H18BrN/c1-13-8-9-18(19)12-16(13)11-17(14(2)20)10-15-6-4-3-5-7-15/h3-9,11-12H,2,10,20H2,1H3/b17-11-. The van der Waals surface area contributed by atoms with E-state index in [-0.39, 0.29) is 0 Å². The van der Waals surface area contributed by atoms with Gasteiger partial charge in [-0.1, -0.05) is 58.9 Å². The van der Waals surface area contributed by atoms with E-state index < -0.39 is 0 Å². The molecule has 0 heterocycles. The van der Waals surface area contributed by atoms with Crippen LogP contribution in [-0.4, -0.2) is 0 Å². The molecule has 102 valence electrons. The Labute approximate surface area is 129 Å². The fourth-order valence-electron chi connectivity index (χ4n) is 2.03. The summed E-state index contributed by atoms with van der Waals surface area (Å²) in [6, 6.07) is 16.5. The molecular weight excluding hydrogens is 310 g/mol. The molecule has 0 aliphatic rings. The molecule has 2 aromatic rings. The number of benzene rings is 2. The highest BCUT2D eigenvalue weighted by Gasteiger charge is 2.04. The second-order valence-corrected chi connectivity index (χ2v) is 5.77. The van der Waals surface area contributed by atoms with Crippen LogP contribution >= 0.6 is 15.9 Å². The molecule has 2 rings (SSSR count). The molecule has 0 aliphatic carbocycles. The maximum atomic E-state index is 5.95. The largest absolute Gasteiger partial charge is 0.399 e. The van der Waals surface area contributed by atoms with Crippen LogP contribution in [0.3, 0.4) is 0 Å². The normalized spacial score (nSPS) is 11.4. The topological polar surface area (TPSA) is 26.0 Å². The first-order valence-electron chi connectivity index (χ1n) is 6.51. The first-order valence-corrected chi connectivity index (χ1v) is 7.31. The lowest BCUT2D eigenvalue weighted by Gasteiger charge is -2.09. The Morgan fingerprint density at radius 1 is 1.20 bits per heavy atom. The minimum atomic E-state index is 0.619. The SMILES string of the molecule is C=C(N)/C(=C\c1cc(Br)ccc1C)Cc1ccccc1. The third kappa shape index (κ3) is 3.84. The molecule has 0 saturated carbocycles. The summed E-state index contributed by atoms with van der Waals surface area (Å²) in [5.74, 6) is 0. The van der Waals surface area contributed by atoms with Crippen LogP contribution in [0, 0.1) is 6.92 Å². The van der Waals surface area contributed by atoms with Crippen molar-refractivity contribution in [3.8, 4) is 0 Å². The summed E-state index contributed by atoms with van der Waals surface area (Å²) < 4.78 is 1.07. The van der Waals surface area contributed by atoms with Crippen LogP contribution in [-0.2, 0) is 6.42 Å². The summed E-state index contributed by atoms with van der Waals surface area (Å²) >= 11 is 3.51. The first-order chi connectivity index (χ1) is 9.56. The Kier molecular flexibility index (Phi) is 4.80. The van der Waals surface area contributed by atoms with Crippen molar-refractivity contribution >= 4 is 22.0 Å². The second kappa shape index (κ2) is 6.58. The third-order valence-electron chi connectivity index (χ3n) is 3.22. The van der Waals surface area contributed by atoms with Crippen LogP contribution in [0.15, 0.2) is 70.9 Å². The van der Waals surface area contributed by atoms with Crippen LogP contribution in [0.2, 0.25) is 0 Å². The van der Waals surface area contributed by atoms with Gasteiger partial charge in [0, 0.05) is 10.2 Å². The molecule has 2 aromatic carbocycles. The van der Waals surface area contributed by atoms with E-state index >= 15 is 0 Å². The highest BCUT2D eigenvalue weighted by Crippen LogP contribution is 2.21. The number of halogens is 1. The van der Waals surface area contributed by atoms with Gasteiger partial charge in [0.25, 0.3) is 0 Å². The number of rotatable bonds is 4. The highest BCUT2D eigenvalue weighted by molar-refractivity contribution is 9.10. The Bertz CT molecular complexity index is 642. The molecule has 2 heteroatoms. The van der Waals surface area contributed by atoms with Crippen molar-refractivity contribution in [2.45, 2.75) is 13.3 Å². The summed E-state index contributed by atoms with van der Waals surface area (Å²) in [5.41, 5.74) is 11.2. The highest BCUT2D eigenvalue weighted by atomic mass is 79.9. The fourth-order valence-corrected chi connectivity index (χ4v) is 2.41. The van der Waals surface area contributed by atoms with Crippen molar-refractivity contribution in [3.05, 3.63) is 87.5 Å². The second-order valence-electron chi connectivity index (χ2n) is 4.86. The molecule has 0 atom stereocenters. The summed E-state index contributed by atoms with van der Waals surface area (Å²) in [7, 11) is 0. The number of nitrogens with two attached hydrogens (primary N) is 1. The predicted octanol–water partition coefficient (Wildman–Crippen LogP) is 4.86. The Morgan fingerprint density at radius 3 is 2.55 bits per heavy atom. The monoisotopic (exact) mass is 327 g/mol. The summed E-state index contributed by atoms with van der Waals surface area (Å²) in [5, 5.41) is 0. The van der Waals surface area contributed by atoms with E-state index in [4.69, 9.17) is 5.73 Å². The quantitative estimate of drug-likeness (QED) is 0.797. The van der Waals surface area contributed by atoms with Crippen molar-refractivity contribution in [2.24, 2.45) is 5.73 Å². The van der Waals surface area contributed by atoms with Crippen LogP contribution in [0.4, 0.5) is 0 Å². The van der Waals surface area contributed by atoms with E-state index in [0.29, 0.717) is 5.70 Å². The van der Waals surface area contributed by atoms with E-state index in [0.717, 1.165) is 22.0 Å². The molecule has 0 fully saturated rings. The number of aryl methyl sites for hydroxylation is 1. The summed E-state index contributed by atoms with van der Waals surface area (Å²) in [6.45, 7) is 5.99. The van der Waals surface area contributed by atoms with Gasteiger partial charge in [-0.2, -0.15) is 0 Å². The van der Waals surface area contributed by atoms with Crippen molar-refractivity contribution in [2.75, 3.05) is 0 Å². The molecule has 0 spiro atoms. The van der Waals surface area contributed by atoms with E-state index in [1.807, 2.05) is 24.3 Å². The van der Waals surface area contributed by atoms with Gasteiger partial charge < -0.3 is 5.73 Å². The number of allylic oxidation sites excluding steroid dienone is 1. The molecule has 0 unspecified atom stereocenters. The molecule has 0 aliphatic heterocycles. The van der Waals surface area contributed by atoms with Gasteiger partial charge in [-0.05, 0) is 53.8 Å². The lowest BCUT2D eigenvalue weighted by molar-refractivity contribution is 1.14. The van der Waals surface area contributed by atoms with E-state index in [1.165, 1.54) is 11.1 Å². The van der Waals surface area contributed by atoms with Gasteiger partial charge in [-0.15, -0.1) is 0 Å². The van der Waals surface area contributed by atoms with Gasteiger partial charge in [0.05, 0.1) is 0 Å². The van der Waals surface area contributed by atoms with Crippen LogP contribution in [0.5, 0.6) is 0 Å². The summed E-state index contributed by atoms with van der Waals surface area (Å²) in [6.07, 6.45) is 2.91. The van der Waals surface area contributed by atoms with Crippen LogP contribution in [0.1, 0.15) is 16.7 Å². The van der Waals surface area contributed by atoms with E-state index in [2.05, 4.69) is 59.8 Å². The van der Waals surface area contributed by atoms with Crippen molar-refractivity contribution in [1.29, 1.82) is 0 Å². The maximum absolute atomic E-state index is 5.95. The zero-order chi connectivity index (χ0) is 14.5. The minimum absolute atomic E-state index is 0.619. The average molecular weight is 328 g/mol. The first kappa shape index (κ1) is 14.6. The molecule has 0 amide bonds.